The number of nitrogens with one attached hydrogen (secondary N) is 1. The highest BCUT2D eigenvalue weighted by Gasteiger charge is 2.33. The number of carbonyl (C=O) groups is 3. The van der Waals surface area contributed by atoms with Gasteiger partial charge in [-0.25, -0.2) is 18.0 Å². The minimum atomic E-state index is -3.88. The first-order valence-corrected chi connectivity index (χ1v) is 10.5. The molecule has 28 heavy (non-hydrogen) atoms. The van der Waals surface area contributed by atoms with Crippen molar-refractivity contribution in [1.82, 2.24) is 9.62 Å². The summed E-state index contributed by atoms with van der Waals surface area (Å²) in [4.78, 5) is 35.5. The molecule has 9 nitrogen and oxygen atoms in total. The van der Waals surface area contributed by atoms with Crippen LogP contribution in [-0.2, 0) is 19.6 Å². The summed E-state index contributed by atoms with van der Waals surface area (Å²) in [7, 11) is -3.88. The molecule has 10 heteroatoms. The molecular weight excluding hydrogens is 386 g/mol. The molecule has 1 aromatic rings. The molecule has 1 aliphatic heterocycles. The van der Waals surface area contributed by atoms with Gasteiger partial charge in [-0.15, -0.1) is 0 Å². The van der Waals surface area contributed by atoms with Gasteiger partial charge in [0.25, 0.3) is 5.91 Å². The Labute approximate surface area is 164 Å². The van der Waals surface area contributed by atoms with E-state index in [1.807, 2.05) is 5.32 Å². The Morgan fingerprint density at radius 1 is 1.11 bits per heavy atom. The van der Waals surface area contributed by atoms with Crippen molar-refractivity contribution in [3.05, 3.63) is 29.8 Å². The topological polar surface area (TPSA) is 136 Å². The zero-order valence-corrected chi connectivity index (χ0v) is 16.7. The second-order valence-electron chi connectivity index (χ2n) is 6.88. The smallest absolute Gasteiger partial charge is 0.340 e. The number of imide groups is 1. The van der Waals surface area contributed by atoms with Gasteiger partial charge >= 0.3 is 12.0 Å². The summed E-state index contributed by atoms with van der Waals surface area (Å²) in [5.41, 5.74) is 4.78. The van der Waals surface area contributed by atoms with Crippen molar-refractivity contribution in [2.45, 2.75) is 44.1 Å². The van der Waals surface area contributed by atoms with E-state index in [1.54, 1.807) is 13.8 Å². The zero-order chi connectivity index (χ0) is 20.9. The molecule has 3 amide bonds. The number of primary amides is 1. The first kappa shape index (κ1) is 21.8. The Morgan fingerprint density at radius 2 is 1.71 bits per heavy atom. The number of amides is 3. The molecule has 2 rings (SSSR count). The first-order valence-electron chi connectivity index (χ1n) is 9.05. The fraction of sp³-hybridized carbons (Fsp3) is 0.500. The Kier molecular flexibility index (Phi) is 7.14. The summed E-state index contributed by atoms with van der Waals surface area (Å²) in [5.74, 6) is -2.30. The average molecular weight is 411 g/mol. The predicted molar refractivity (Wildman–Crippen MR) is 101 cm³/mol. The summed E-state index contributed by atoms with van der Waals surface area (Å²) in [6.45, 7) is 4.02. The Hall–Kier alpha value is -2.46. The van der Waals surface area contributed by atoms with Crippen LogP contribution in [0.4, 0.5) is 4.79 Å². The van der Waals surface area contributed by atoms with Gasteiger partial charge in [-0.1, -0.05) is 32.4 Å². The molecule has 0 unspecified atom stereocenters. The highest BCUT2D eigenvalue weighted by atomic mass is 32.2. The Bertz CT molecular complexity index is 847. The number of sulfonamides is 1. The van der Waals surface area contributed by atoms with Gasteiger partial charge in [0.1, 0.15) is 0 Å². The second-order valence-corrected chi connectivity index (χ2v) is 8.79. The minimum Gasteiger partial charge on any atom is -0.448 e. The molecule has 1 fully saturated rings. The molecule has 1 aromatic carbocycles. The normalized spacial score (nSPS) is 16.4. The third kappa shape index (κ3) is 5.08. The number of nitrogens with two attached hydrogens (primary N) is 1. The van der Waals surface area contributed by atoms with E-state index in [4.69, 9.17) is 10.5 Å². The number of urea groups is 1. The lowest BCUT2D eigenvalue weighted by atomic mass is 10.1. The molecule has 1 atom stereocenters. The zero-order valence-electron chi connectivity index (χ0n) is 15.9. The van der Waals surface area contributed by atoms with Crippen molar-refractivity contribution in [2.24, 2.45) is 11.7 Å². The van der Waals surface area contributed by atoms with Crippen molar-refractivity contribution >= 4 is 27.9 Å². The third-order valence-electron chi connectivity index (χ3n) is 4.38. The van der Waals surface area contributed by atoms with Crippen molar-refractivity contribution < 1.29 is 27.5 Å². The van der Waals surface area contributed by atoms with E-state index in [0.717, 1.165) is 19.3 Å². The number of benzene rings is 1. The highest BCUT2D eigenvalue weighted by Crippen LogP contribution is 2.25. The van der Waals surface area contributed by atoms with E-state index in [9.17, 15) is 22.8 Å². The van der Waals surface area contributed by atoms with E-state index in [0.29, 0.717) is 13.1 Å². The van der Waals surface area contributed by atoms with Gasteiger partial charge in [0.05, 0.1) is 10.5 Å². The van der Waals surface area contributed by atoms with Crippen LogP contribution < -0.4 is 11.1 Å². The Morgan fingerprint density at radius 3 is 2.29 bits per heavy atom. The monoisotopic (exact) mass is 411 g/mol. The molecule has 1 aliphatic rings. The molecule has 0 aromatic heterocycles. The fourth-order valence-electron chi connectivity index (χ4n) is 2.97. The van der Waals surface area contributed by atoms with Crippen LogP contribution in [0.25, 0.3) is 0 Å². The fourth-order valence-corrected chi connectivity index (χ4v) is 4.67. The van der Waals surface area contributed by atoms with Crippen LogP contribution >= 0.6 is 0 Å². The van der Waals surface area contributed by atoms with Crippen LogP contribution in [0, 0.1) is 5.92 Å². The maximum absolute atomic E-state index is 13.0. The molecule has 0 saturated carbocycles. The molecule has 1 saturated heterocycles. The number of ether oxygens (including phenoxy) is 1. The summed E-state index contributed by atoms with van der Waals surface area (Å²) >= 11 is 0. The average Bonchev–Trinajstić information content (AvgIpc) is 2.65. The van der Waals surface area contributed by atoms with Crippen molar-refractivity contribution in [1.29, 1.82) is 0 Å². The van der Waals surface area contributed by atoms with E-state index in [-0.39, 0.29) is 10.5 Å². The standard InChI is InChI=1S/C18H25N3O6S/c1-12(2)15(16(22)20-18(19)24)27-17(23)13-8-4-5-9-14(13)28(25,26)21-10-6-3-7-11-21/h4-5,8-9,12,15H,3,6-7,10-11H2,1-2H3,(H3,19,20,22,24)/t15-/m1/s1. The van der Waals surface area contributed by atoms with Crippen LogP contribution in [-0.4, -0.2) is 49.8 Å². The number of nitrogens with zero attached hydrogens (tertiary/aromatic N) is 1. The molecule has 1 heterocycles. The van der Waals surface area contributed by atoms with Crippen LogP contribution in [0.3, 0.4) is 0 Å². The summed E-state index contributed by atoms with van der Waals surface area (Å²) in [5, 5.41) is 1.87. The van der Waals surface area contributed by atoms with Gasteiger partial charge in [-0.05, 0) is 30.9 Å². The predicted octanol–water partition coefficient (Wildman–Crippen LogP) is 1.24. The lowest BCUT2D eigenvalue weighted by Gasteiger charge is -2.27. The number of carbonyl (C=O) groups excluding carboxylic acids is 3. The van der Waals surface area contributed by atoms with Crippen LogP contribution in [0.5, 0.6) is 0 Å². The molecule has 0 radical (unpaired) electrons. The number of hydrogen-bond donors (Lipinski definition) is 2. The van der Waals surface area contributed by atoms with Gasteiger partial charge in [0.15, 0.2) is 6.10 Å². The number of hydrogen-bond acceptors (Lipinski definition) is 6. The second kappa shape index (κ2) is 9.16. The summed E-state index contributed by atoms with van der Waals surface area (Å²) < 4.78 is 32.6. The van der Waals surface area contributed by atoms with Crippen molar-refractivity contribution in [3.8, 4) is 0 Å². The highest BCUT2D eigenvalue weighted by molar-refractivity contribution is 7.89. The molecule has 3 N–H and O–H groups in total. The summed E-state index contributed by atoms with van der Waals surface area (Å²) in [6.07, 6.45) is 1.18. The van der Waals surface area contributed by atoms with E-state index in [1.165, 1.54) is 28.6 Å². The van der Waals surface area contributed by atoms with E-state index >= 15 is 0 Å². The SMILES string of the molecule is CC(C)[C@@H](OC(=O)c1ccccc1S(=O)(=O)N1CCCCC1)C(=O)NC(N)=O. The lowest BCUT2D eigenvalue weighted by molar-refractivity contribution is -0.130. The summed E-state index contributed by atoms with van der Waals surface area (Å²) in [6, 6.07) is 4.64. The molecule has 0 bridgehead atoms. The number of esters is 1. The van der Waals surface area contributed by atoms with Crippen LogP contribution in [0.1, 0.15) is 43.5 Å². The van der Waals surface area contributed by atoms with Gasteiger partial charge in [-0.3, -0.25) is 10.1 Å². The largest absolute Gasteiger partial charge is 0.448 e. The van der Waals surface area contributed by atoms with Gasteiger partial charge < -0.3 is 10.5 Å². The molecule has 0 aliphatic carbocycles. The number of piperidine rings is 1. The quantitative estimate of drug-likeness (QED) is 0.676. The maximum atomic E-state index is 13.0. The van der Waals surface area contributed by atoms with Crippen molar-refractivity contribution in [2.75, 3.05) is 13.1 Å². The van der Waals surface area contributed by atoms with Gasteiger partial charge in [0, 0.05) is 13.1 Å². The minimum absolute atomic E-state index is 0.161. The molecule has 0 spiro atoms. The van der Waals surface area contributed by atoms with E-state index in [2.05, 4.69) is 0 Å². The van der Waals surface area contributed by atoms with Crippen molar-refractivity contribution in [3.63, 3.8) is 0 Å². The van der Waals surface area contributed by atoms with Crippen LogP contribution in [0.2, 0.25) is 0 Å². The van der Waals surface area contributed by atoms with Gasteiger partial charge in [0.2, 0.25) is 10.0 Å². The number of rotatable bonds is 6. The Balaban J connectivity index is 2.31. The van der Waals surface area contributed by atoms with E-state index < -0.39 is 40.0 Å². The maximum Gasteiger partial charge on any atom is 0.340 e. The molecular formula is C18H25N3O6S. The molecule has 154 valence electrons. The third-order valence-corrected chi connectivity index (χ3v) is 6.34. The van der Waals surface area contributed by atoms with Crippen LogP contribution in [0.15, 0.2) is 29.2 Å². The van der Waals surface area contributed by atoms with Gasteiger partial charge in [-0.2, -0.15) is 4.31 Å². The lowest BCUT2D eigenvalue weighted by Crippen LogP contribution is -2.45. The first-order chi connectivity index (χ1) is 13.1.